The molecule has 1 fully saturated rings. The van der Waals surface area contributed by atoms with Crippen LogP contribution in [0.4, 0.5) is 5.82 Å². The van der Waals surface area contributed by atoms with E-state index < -0.39 is 0 Å². The van der Waals surface area contributed by atoms with Gasteiger partial charge in [-0.05, 0) is 57.8 Å². The second kappa shape index (κ2) is 10.2. The molecule has 0 unspecified atom stereocenters. The van der Waals surface area contributed by atoms with Gasteiger partial charge in [-0.25, -0.2) is 4.98 Å². The lowest BCUT2D eigenvalue weighted by Gasteiger charge is -2.10. The molecule has 1 aliphatic heterocycles. The van der Waals surface area contributed by atoms with Crippen molar-refractivity contribution in [1.29, 1.82) is 0 Å². The number of hydrogen-bond donors (Lipinski definition) is 1. The predicted octanol–water partition coefficient (Wildman–Crippen LogP) is 9.58. The van der Waals surface area contributed by atoms with Crippen LogP contribution in [-0.4, -0.2) is 11.7 Å². The number of aryl methyl sites for hydroxylation is 1. The smallest absolute Gasteiger partial charge is 0.187 e. The number of benzene rings is 5. The number of hydrogen-bond acceptors (Lipinski definition) is 2. The van der Waals surface area contributed by atoms with Crippen LogP contribution in [0.3, 0.4) is 0 Å². The van der Waals surface area contributed by atoms with Gasteiger partial charge in [-0.15, -0.1) is 0 Å². The van der Waals surface area contributed by atoms with E-state index in [4.69, 9.17) is 5.73 Å². The standard InChI is InChI=1S/C25H18N2.C13H19B/c26-25-24(22-12-10-18-6-2-4-8-20(18)14-22)15-23(16-27-25)21-11-9-17-5-1-3-7-19(17)13-21;1-10-6-8-11(9-7-10)14-12(2,3)13(14,4)5/h1-16H,(H2,26,27);6-9H,1-5H3. The Bertz CT molecular complexity index is 1850. The number of fused-ring (bicyclic) bond motifs is 2. The van der Waals surface area contributed by atoms with Crippen LogP contribution in [0.2, 0.25) is 10.6 Å². The van der Waals surface area contributed by atoms with Gasteiger partial charge < -0.3 is 5.73 Å². The zero-order valence-corrected chi connectivity index (χ0v) is 24.6. The molecule has 0 aliphatic carbocycles. The summed E-state index contributed by atoms with van der Waals surface area (Å²) in [6.07, 6.45) is 1.85. The van der Waals surface area contributed by atoms with E-state index >= 15 is 0 Å². The monoisotopic (exact) mass is 532 g/mol. The number of nitrogens with two attached hydrogens (primary N) is 1. The average Bonchev–Trinajstić information content (AvgIpc) is 3.40. The van der Waals surface area contributed by atoms with Crippen molar-refractivity contribution in [2.45, 2.75) is 45.2 Å². The van der Waals surface area contributed by atoms with Gasteiger partial charge in [0.2, 0.25) is 0 Å². The van der Waals surface area contributed by atoms with E-state index in [0.29, 0.717) is 16.4 Å². The lowest BCUT2D eigenvalue weighted by atomic mass is 9.53. The van der Waals surface area contributed by atoms with Crippen LogP contribution in [0.5, 0.6) is 0 Å². The highest BCUT2D eigenvalue weighted by molar-refractivity contribution is 6.89. The summed E-state index contributed by atoms with van der Waals surface area (Å²) < 4.78 is 0. The second-order valence-corrected chi connectivity index (χ2v) is 12.6. The summed E-state index contributed by atoms with van der Waals surface area (Å²) in [6, 6.07) is 40.8. The van der Waals surface area contributed by atoms with Crippen molar-refractivity contribution in [3.8, 4) is 22.3 Å². The van der Waals surface area contributed by atoms with E-state index in [2.05, 4.69) is 155 Å². The summed E-state index contributed by atoms with van der Waals surface area (Å²) in [7, 11) is 0. The van der Waals surface area contributed by atoms with Crippen LogP contribution in [0.25, 0.3) is 43.8 Å². The normalized spacial score (nSPS) is 14.9. The van der Waals surface area contributed by atoms with Crippen molar-refractivity contribution in [2.24, 2.45) is 0 Å². The van der Waals surface area contributed by atoms with Gasteiger partial charge in [-0.1, -0.05) is 146 Å². The second-order valence-electron chi connectivity index (χ2n) is 12.6. The van der Waals surface area contributed by atoms with Crippen molar-refractivity contribution >= 4 is 39.5 Å². The first-order chi connectivity index (χ1) is 19.6. The van der Waals surface area contributed by atoms with E-state index in [1.54, 1.807) is 0 Å². The molecule has 6 aromatic rings. The van der Waals surface area contributed by atoms with Crippen LogP contribution < -0.4 is 11.2 Å². The Morgan fingerprint density at radius 2 is 1.07 bits per heavy atom. The Hall–Kier alpha value is -4.37. The van der Waals surface area contributed by atoms with Gasteiger partial charge in [-0.2, -0.15) is 0 Å². The molecule has 1 aromatic heterocycles. The third-order valence-corrected chi connectivity index (χ3v) is 9.49. The molecule has 0 saturated carbocycles. The van der Waals surface area contributed by atoms with Crippen LogP contribution >= 0.6 is 0 Å². The third-order valence-electron chi connectivity index (χ3n) is 9.49. The number of aromatic nitrogens is 1. The lowest BCUT2D eigenvalue weighted by molar-refractivity contribution is 0.628. The van der Waals surface area contributed by atoms with Gasteiger partial charge in [0.25, 0.3) is 0 Å². The summed E-state index contributed by atoms with van der Waals surface area (Å²) in [5, 5.41) is 5.80. The maximum Gasteiger partial charge on any atom is 0.187 e. The largest absolute Gasteiger partial charge is 0.383 e. The molecule has 3 heteroatoms. The number of rotatable bonds is 3. The molecule has 1 aliphatic rings. The molecule has 0 bridgehead atoms. The average molecular weight is 533 g/mol. The first-order valence-corrected chi connectivity index (χ1v) is 14.5. The summed E-state index contributed by atoms with van der Waals surface area (Å²) in [5.41, 5.74) is 13.3. The minimum Gasteiger partial charge on any atom is -0.383 e. The fraction of sp³-hybridized carbons (Fsp3) is 0.184. The number of pyridine rings is 1. The summed E-state index contributed by atoms with van der Waals surface area (Å²) >= 11 is 0. The molecular formula is C38H37BN2. The van der Waals surface area contributed by atoms with Crippen molar-refractivity contribution in [3.05, 3.63) is 127 Å². The molecule has 2 nitrogen and oxygen atoms in total. The predicted molar refractivity (Wildman–Crippen MR) is 179 cm³/mol. The zero-order chi connectivity index (χ0) is 28.8. The Morgan fingerprint density at radius 3 is 1.63 bits per heavy atom. The van der Waals surface area contributed by atoms with Gasteiger partial charge in [-0.3, -0.25) is 0 Å². The molecule has 2 heterocycles. The van der Waals surface area contributed by atoms with Crippen LogP contribution in [0.1, 0.15) is 33.3 Å². The molecule has 7 rings (SSSR count). The minimum atomic E-state index is 0.461. The highest BCUT2D eigenvalue weighted by Gasteiger charge is 2.67. The molecule has 5 aromatic carbocycles. The van der Waals surface area contributed by atoms with Gasteiger partial charge in [0.1, 0.15) is 5.82 Å². The lowest BCUT2D eigenvalue weighted by Crippen LogP contribution is -2.19. The zero-order valence-electron chi connectivity index (χ0n) is 24.6. The van der Waals surface area contributed by atoms with Crippen molar-refractivity contribution in [1.82, 2.24) is 4.98 Å². The van der Waals surface area contributed by atoms with E-state index in [1.165, 1.54) is 32.6 Å². The summed E-state index contributed by atoms with van der Waals surface area (Å²) in [6.45, 7) is 12.4. The number of nitrogen functional groups attached to an aromatic ring is 1. The molecule has 1 saturated heterocycles. The summed E-state index contributed by atoms with van der Waals surface area (Å²) in [4.78, 5) is 4.47. The van der Waals surface area contributed by atoms with Gasteiger partial charge in [0.05, 0.1) is 0 Å². The van der Waals surface area contributed by atoms with E-state index in [0.717, 1.165) is 29.0 Å². The first kappa shape index (κ1) is 26.8. The molecular weight excluding hydrogens is 495 g/mol. The molecule has 0 atom stereocenters. The van der Waals surface area contributed by atoms with E-state index in [1.807, 2.05) is 6.20 Å². The van der Waals surface area contributed by atoms with E-state index in [9.17, 15) is 0 Å². The quantitative estimate of drug-likeness (QED) is 0.231. The Labute approximate surface area is 244 Å². The van der Waals surface area contributed by atoms with Crippen molar-refractivity contribution in [2.75, 3.05) is 5.73 Å². The highest BCUT2D eigenvalue weighted by Crippen LogP contribution is 2.73. The summed E-state index contributed by atoms with van der Waals surface area (Å²) in [5.74, 6) is 0.551. The van der Waals surface area contributed by atoms with Crippen LogP contribution in [0.15, 0.2) is 121 Å². The van der Waals surface area contributed by atoms with E-state index in [-0.39, 0.29) is 0 Å². The fourth-order valence-electron chi connectivity index (χ4n) is 6.38. The SMILES string of the molecule is Cc1ccc(B2C(C)(C)C2(C)C)cc1.Nc1ncc(-c2ccc3ccccc3c2)cc1-c1ccc2ccccc2c1. The minimum absolute atomic E-state index is 0.461. The fourth-order valence-corrected chi connectivity index (χ4v) is 6.38. The van der Waals surface area contributed by atoms with Crippen LogP contribution in [-0.2, 0) is 0 Å². The topological polar surface area (TPSA) is 38.9 Å². The highest BCUT2D eigenvalue weighted by atomic mass is 14.8. The van der Waals surface area contributed by atoms with Gasteiger partial charge >= 0.3 is 0 Å². The van der Waals surface area contributed by atoms with Crippen molar-refractivity contribution < 1.29 is 0 Å². The van der Waals surface area contributed by atoms with Crippen LogP contribution in [0, 0.1) is 6.92 Å². The Balaban J connectivity index is 0.000000182. The molecule has 0 spiro atoms. The number of nitrogens with zero attached hydrogens (tertiary/aromatic N) is 1. The molecule has 0 radical (unpaired) electrons. The molecule has 41 heavy (non-hydrogen) atoms. The Kier molecular flexibility index (Phi) is 6.70. The van der Waals surface area contributed by atoms with Crippen molar-refractivity contribution in [3.63, 3.8) is 0 Å². The third kappa shape index (κ3) is 5.02. The maximum absolute atomic E-state index is 6.22. The molecule has 0 amide bonds. The number of anilines is 1. The molecule has 202 valence electrons. The maximum atomic E-state index is 6.22. The van der Waals surface area contributed by atoms with Gasteiger partial charge in [0, 0.05) is 17.3 Å². The van der Waals surface area contributed by atoms with Gasteiger partial charge in [0.15, 0.2) is 6.71 Å². The first-order valence-electron chi connectivity index (χ1n) is 14.5. The molecule has 2 N–H and O–H groups in total. The Morgan fingerprint density at radius 1 is 0.561 bits per heavy atom.